The topological polar surface area (TPSA) is 95.7 Å². The zero-order chi connectivity index (χ0) is 16.7. The van der Waals surface area contributed by atoms with Crippen LogP contribution in [0.15, 0.2) is 12.4 Å². The number of aryl methyl sites for hydroxylation is 1. The molecule has 0 spiro atoms. The van der Waals surface area contributed by atoms with Gasteiger partial charge in [-0.05, 0) is 32.6 Å². The second-order valence-corrected chi connectivity index (χ2v) is 8.12. The van der Waals surface area contributed by atoms with E-state index in [2.05, 4.69) is 4.98 Å². The fraction of sp³-hybridized carbons (Fsp3) is 0.714. The average Bonchev–Trinajstić information content (AvgIpc) is 3.18. The molecule has 2 fully saturated rings. The van der Waals surface area contributed by atoms with Crippen LogP contribution in [-0.4, -0.2) is 63.8 Å². The Hall–Kier alpha value is -1.45. The van der Waals surface area contributed by atoms with Gasteiger partial charge in [-0.25, -0.2) is 9.78 Å². The standard InChI is InChI=1S/C14H22N4O4S/c1-12-15-6-11-18(12)14(13(19)20)4-9-17(10-5-14)23(21,22)16-7-2-3-8-16/h6,11H,2-5,7-10H2,1H3,(H,19,20). The molecule has 1 N–H and O–H groups in total. The van der Waals surface area contributed by atoms with Crippen molar-refractivity contribution in [2.45, 2.75) is 38.1 Å². The predicted molar refractivity (Wildman–Crippen MR) is 83.1 cm³/mol. The number of carbonyl (C=O) groups is 1. The number of carboxylic acid groups (broad SMARTS) is 1. The van der Waals surface area contributed by atoms with Crippen LogP contribution >= 0.6 is 0 Å². The van der Waals surface area contributed by atoms with Crippen LogP contribution in [0.4, 0.5) is 0 Å². The van der Waals surface area contributed by atoms with E-state index >= 15 is 0 Å². The number of aliphatic carboxylic acids is 1. The molecule has 0 bridgehead atoms. The maximum absolute atomic E-state index is 12.6. The van der Waals surface area contributed by atoms with Crippen molar-refractivity contribution in [3.63, 3.8) is 0 Å². The second kappa shape index (κ2) is 5.88. The molecule has 0 atom stereocenters. The fourth-order valence-electron chi connectivity index (χ4n) is 3.56. The minimum atomic E-state index is -3.47. The number of nitrogens with zero attached hydrogens (tertiary/aromatic N) is 4. The molecule has 8 nitrogen and oxygen atoms in total. The molecule has 0 unspecified atom stereocenters. The van der Waals surface area contributed by atoms with Crippen LogP contribution < -0.4 is 0 Å². The van der Waals surface area contributed by atoms with E-state index in [1.807, 2.05) is 0 Å². The number of piperidine rings is 1. The van der Waals surface area contributed by atoms with Crippen molar-refractivity contribution in [1.29, 1.82) is 0 Å². The molecule has 1 aromatic rings. The van der Waals surface area contributed by atoms with E-state index in [-0.39, 0.29) is 25.9 Å². The molecule has 0 amide bonds. The molecule has 23 heavy (non-hydrogen) atoms. The highest BCUT2D eigenvalue weighted by atomic mass is 32.2. The van der Waals surface area contributed by atoms with Crippen LogP contribution in [0.1, 0.15) is 31.5 Å². The van der Waals surface area contributed by atoms with E-state index in [0.717, 1.165) is 12.8 Å². The highest BCUT2D eigenvalue weighted by Crippen LogP contribution is 2.33. The summed E-state index contributed by atoms with van der Waals surface area (Å²) in [6.45, 7) is 3.30. The Morgan fingerprint density at radius 2 is 1.74 bits per heavy atom. The highest BCUT2D eigenvalue weighted by molar-refractivity contribution is 7.86. The largest absolute Gasteiger partial charge is 0.479 e. The molecular weight excluding hydrogens is 320 g/mol. The lowest BCUT2D eigenvalue weighted by Gasteiger charge is -2.40. The van der Waals surface area contributed by atoms with Gasteiger partial charge in [-0.2, -0.15) is 17.0 Å². The Morgan fingerprint density at radius 3 is 2.22 bits per heavy atom. The van der Waals surface area contributed by atoms with E-state index in [1.165, 1.54) is 8.61 Å². The summed E-state index contributed by atoms with van der Waals surface area (Å²) in [4.78, 5) is 16.0. The van der Waals surface area contributed by atoms with E-state index in [9.17, 15) is 18.3 Å². The summed E-state index contributed by atoms with van der Waals surface area (Å²) in [5, 5.41) is 9.76. The number of carboxylic acids is 1. The minimum absolute atomic E-state index is 0.211. The van der Waals surface area contributed by atoms with Crippen molar-refractivity contribution < 1.29 is 18.3 Å². The van der Waals surface area contributed by atoms with E-state index in [0.29, 0.717) is 18.9 Å². The SMILES string of the molecule is Cc1nccn1C1(C(=O)O)CCN(S(=O)(=O)N2CCCC2)CC1. The minimum Gasteiger partial charge on any atom is -0.479 e. The Morgan fingerprint density at radius 1 is 1.17 bits per heavy atom. The molecule has 0 radical (unpaired) electrons. The van der Waals surface area contributed by atoms with Gasteiger partial charge >= 0.3 is 5.97 Å². The third kappa shape index (κ3) is 2.66. The molecule has 2 aliphatic rings. The maximum atomic E-state index is 12.6. The summed E-state index contributed by atoms with van der Waals surface area (Å²) < 4.78 is 29.8. The van der Waals surface area contributed by atoms with Gasteiger partial charge in [0.15, 0.2) is 0 Å². The van der Waals surface area contributed by atoms with Gasteiger partial charge in [0.25, 0.3) is 10.2 Å². The van der Waals surface area contributed by atoms with Crippen molar-refractivity contribution in [2.75, 3.05) is 26.2 Å². The molecule has 2 aliphatic heterocycles. The number of imidazole rings is 1. The number of aromatic nitrogens is 2. The van der Waals surface area contributed by atoms with Gasteiger partial charge in [-0.3, -0.25) is 0 Å². The molecule has 3 rings (SSSR count). The first-order valence-corrected chi connectivity index (χ1v) is 9.27. The molecule has 2 saturated heterocycles. The Kier molecular flexibility index (Phi) is 4.19. The molecule has 128 valence electrons. The maximum Gasteiger partial charge on any atom is 0.330 e. The second-order valence-electron chi connectivity index (χ2n) is 6.19. The summed E-state index contributed by atoms with van der Waals surface area (Å²) in [5.74, 6) is -0.305. The monoisotopic (exact) mass is 342 g/mol. The first-order valence-electron chi connectivity index (χ1n) is 7.87. The Bertz CT molecular complexity index is 685. The average molecular weight is 342 g/mol. The Balaban J connectivity index is 1.81. The molecule has 0 aromatic carbocycles. The van der Waals surface area contributed by atoms with Gasteiger partial charge in [0, 0.05) is 38.6 Å². The summed E-state index contributed by atoms with van der Waals surface area (Å²) in [6, 6.07) is 0. The van der Waals surface area contributed by atoms with Gasteiger partial charge < -0.3 is 9.67 Å². The zero-order valence-electron chi connectivity index (χ0n) is 13.2. The predicted octanol–water partition coefficient (Wildman–Crippen LogP) is 0.408. The van der Waals surface area contributed by atoms with Crippen molar-refractivity contribution in [3.05, 3.63) is 18.2 Å². The van der Waals surface area contributed by atoms with Gasteiger partial charge in [0.2, 0.25) is 0 Å². The number of rotatable bonds is 4. The zero-order valence-corrected chi connectivity index (χ0v) is 14.0. The van der Waals surface area contributed by atoms with Crippen molar-refractivity contribution in [2.24, 2.45) is 0 Å². The third-order valence-electron chi connectivity index (χ3n) is 4.95. The van der Waals surface area contributed by atoms with Gasteiger partial charge in [-0.15, -0.1) is 0 Å². The highest BCUT2D eigenvalue weighted by Gasteiger charge is 2.46. The van der Waals surface area contributed by atoms with Crippen LogP contribution in [0.25, 0.3) is 0 Å². The normalized spacial score (nSPS) is 23.2. The summed E-state index contributed by atoms with van der Waals surface area (Å²) in [6.07, 6.45) is 5.50. The third-order valence-corrected chi connectivity index (χ3v) is 6.99. The number of hydrogen-bond donors (Lipinski definition) is 1. The van der Waals surface area contributed by atoms with Crippen LogP contribution in [0, 0.1) is 6.92 Å². The van der Waals surface area contributed by atoms with Gasteiger partial charge in [0.1, 0.15) is 11.4 Å². The van der Waals surface area contributed by atoms with E-state index < -0.39 is 21.7 Å². The lowest BCUT2D eigenvalue weighted by molar-refractivity contribution is -0.150. The van der Waals surface area contributed by atoms with E-state index in [1.54, 1.807) is 23.9 Å². The van der Waals surface area contributed by atoms with Crippen molar-refractivity contribution in [3.8, 4) is 0 Å². The first-order chi connectivity index (χ1) is 10.9. The quantitative estimate of drug-likeness (QED) is 0.855. The van der Waals surface area contributed by atoms with Crippen molar-refractivity contribution >= 4 is 16.2 Å². The summed E-state index contributed by atoms with van der Waals surface area (Å²) in [5.41, 5.74) is -1.11. The first kappa shape index (κ1) is 16.4. The van der Waals surface area contributed by atoms with Crippen LogP contribution in [0.3, 0.4) is 0 Å². The molecule has 3 heterocycles. The molecule has 9 heteroatoms. The molecule has 0 aliphatic carbocycles. The molecule has 0 saturated carbocycles. The summed E-state index contributed by atoms with van der Waals surface area (Å²) >= 11 is 0. The van der Waals surface area contributed by atoms with Crippen molar-refractivity contribution in [1.82, 2.24) is 18.2 Å². The van der Waals surface area contributed by atoms with Crippen LogP contribution in [-0.2, 0) is 20.5 Å². The van der Waals surface area contributed by atoms with Crippen LogP contribution in [0.5, 0.6) is 0 Å². The Labute approximate surface area is 135 Å². The lowest BCUT2D eigenvalue weighted by atomic mass is 9.88. The summed E-state index contributed by atoms with van der Waals surface area (Å²) in [7, 11) is -3.47. The lowest BCUT2D eigenvalue weighted by Crippen LogP contribution is -2.54. The molecular formula is C14H22N4O4S. The van der Waals surface area contributed by atoms with Gasteiger partial charge in [0.05, 0.1) is 0 Å². The fourth-order valence-corrected chi connectivity index (χ4v) is 5.25. The number of hydrogen-bond acceptors (Lipinski definition) is 4. The molecule has 1 aromatic heterocycles. The van der Waals surface area contributed by atoms with Gasteiger partial charge in [-0.1, -0.05) is 0 Å². The smallest absolute Gasteiger partial charge is 0.330 e. The van der Waals surface area contributed by atoms with E-state index in [4.69, 9.17) is 0 Å². The van der Waals surface area contributed by atoms with Crippen LogP contribution in [0.2, 0.25) is 0 Å².